The Kier molecular flexibility index (Phi) is 7.89. The molecule has 1 heterocycles. The van der Waals surface area contributed by atoms with Crippen molar-refractivity contribution >= 4 is 6.29 Å². The van der Waals surface area contributed by atoms with Crippen LogP contribution in [0.4, 0.5) is 0 Å². The Bertz CT molecular complexity index is 365. The van der Waals surface area contributed by atoms with Crippen LogP contribution in [0.3, 0.4) is 0 Å². The summed E-state index contributed by atoms with van der Waals surface area (Å²) in [5.74, 6) is 0. The Labute approximate surface area is 130 Å². The van der Waals surface area contributed by atoms with E-state index < -0.39 is 68.3 Å². The molecule has 0 saturated carbocycles. The van der Waals surface area contributed by atoms with Gasteiger partial charge in [-0.2, -0.15) is 0 Å². The summed E-state index contributed by atoms with van der Waals surface area (Å²) in [5, 5.41) is 75.7. The predicted molar refractivity (Wildman–Crippen MR) is 69.8 cm³/mol. The number of aldehydes is 1. The van der Waals surface area contributed by atoms with Crippen LogP contribution in [0.1, 0.15) is 0 Å². The van der Waals surface area contributed by atoms with Crippen LogP contribution < -0.4 is 0 Å². The van der Waals surface area contributed by atoms with E-state index in [9.17, 15) is 35.4 Å². The average molecular weight is 342 g/mol. The molecular weight excluding hydrogens is 320 g/mol. The fourth-order valence-electron chi connectivity index (χ4n) is 2.11. The molecule has 1 aliphatic heterocycles. The Morgan fingerprint density at radius 2 is 1.65 bits per heavy atom. The first-order valence-corrected chi connectivity index (χ1v) is 6.84. The second-order valence-electron chi connectivity index (χ2n) is 5.17. The maximum absolute atomic E-state index is 10.5. The first-order valence-electron chi connectivity index (χ1n) is 6.84. The number of hydrogen-bond donors (Lipinski definition) is 8. The van der Waals surface area contributed by atoms with E-state index in [0.717, 1.165) is 0 Å². The lowest BCUT2D eigenvalue weighted by Gasteiger charge is -2.42. The zero-order chi connectivity index (χ0) is 17.7. The van der Waals surface area contributed by atoms with Gasteiger partial charge in [-0.25, -0.2) is 0 Å². The summed E-state index contributed by atoms with van der Waals surface area (Å²) in [6.45, 7) is -1.64. The second kappa shape index (κ2) is 8.94. The minimum Gasteiger partial charge on any atom is -0.394 e. The van der Waals surface area contributed by atoms with Gasteiger partial charge in [0.1, 0.15) is 48.8 Å². The van der Waals surface area contributed by atoms with Crippen molar-refractivity contribution in [3.05, 3.63) is 0 Å². The molecule has 0 bridgehead atoms. The van der Waals surface area contributed by atoms with Gasteiger partial charge in [0.15, 0.2) is 12.6 Å². The highest BCUT2D eigenvalue weighted by atomic mass is 16.7. The van der Waals surface area contributed by atoms with Gasteiger partial charge in [0, 0.05) is 0 Å². The minimum atomic E-state index is -1.97. The van der Waals surface area contributed by atoms with Gasteiger partial charge in [-0.15, -0.1) is 0 Å². The largest absolute Gasteiger partial charge is 0.394 e. The maximum atomic E-state index is 10.5. The van der Waals surface area contributed by atoms with Crippen molar-refractivity contribution in [2.24, 2.45) is 0 Å². The van der Waals surface area contributed by atoms with Crippen LogP contribution >= 0.6 is 0 Å². The maximum Gasteiger partial charge on any atom is 0.187 e. The quantitative estimate of drug-likeness (QED) is 0.196. The van der Waals surface area contributed by atoms with E-state index in [2.05, 4.69) is 0 Å². The average Bonchev–Trinajstić information content (AvgIpc) is 2.57. The molecule has 136 valence electrons. The van der Waals surface area contributed by atoms with Gasteiger partial charge in [0.05, 0.1) is 13.2 Å². The molecule has 11 heteroatoms. The van der Waals surface area contributed by atoms with E-state index in [1.54, 1.807) is 0 Å². The lowest BCUT2D eigenvalue weighted by Crippen LogP contribution is -2.61. The van der Waals surface area contributed by atoms with Crippen molar-refractivity contribution in [3.63, 3.8) is 0 Å². The minimum absolute atomic E-state index is 0.0294. The van der Waals surface area contributed by atoms with Gasteiger partial charge in [0.2, 0.25) is 0 Å². The summed E-state index contributed by atoms with van der Waals surface area (Å²) < 4.78 is 10.1. The zero-order valence-electron chi connectivity index (χ0n) is 12.0. The molecular formula is C12H22O11. The summed E-state index contributed by atoms with van der Waals surface area (Å²) in [7, 11) is 0. The number of aliphatic hydroxyl groups is 8. The van der Waals surface area contributed by atoms with Gasteiger partial charge in [-0.3, -0.25) is 0 Å². The molecule has 1 saturated heterocycles. The topological polar surface area (TPSA) is 197 Å². The summed E-state index contributed by atoms with van der Waals surface area (Å²) in [5.41, 5.74) is 0. The zero-order valence-corrected chi connectivity index (χ0v) is 12.0. The number of carbonyl (C=O) groups is 1. The predicted octanol–water partition coefficient (Wildman–Crippen LogP) is -5.55. The smallest absolute Gasteiger partial charge is 0.187 e. The number of hydrogen-bond acceptors (Lipinski definition) is 11. The van der Waals surface area contributed by atoms with Crippen LogP contribution in [-0.2, 0) is 14.3 Å². The highest BCUT2D eigenvalue weighted by Gasteiger charge is 2.46. The SMILES string of the molecule is O=C[C@H](O)[C@@H](O)[C@H](O[C@@H]1O[C@H](CO)[C@@H](O)[C@H](O)[C@H]1O)[C@H](O)CO. The van der Waals surface area contributed by atoms with Crippen LogP contribution in [0.2, 0.25) is 0 Å². The van der Waals surface area contributed by atoms with E-state index in [-0.39, 0.29) is 6.29 Å². The van der Waals surface area contributed by atoms with Crippen molar-refractivity contribution in [1.82, 2.24) is 0 Å². The molecule has 0 unspecified atom stereocenters. The molecule has 0 aromatic heterocycles. The molecule has 0 radical (unpaired) electrons. The summed E-state index contributed by atoms with van der Waals surface area (Å²) in [6.07, 6.45) is -15.7. The Balaban J connectivity index is 2.91. The first-order chi connectivity index (χ1) is 10.8. The molecule has 0 amide bonds. The highest BCUT2D eigenvalue weighted by Crippen LogP contribution is 2.24. The van der Waals surface area contributed by atoms with Gasteiger partial charge >= 0.3 is 0 Å². The van der Waals surface area contributed by atoms with Crippen LogP contribution in [0.5, 0.6) is 0 Å². The summed E-state index contributed by atoms with van der Waals surface area (Å²) in [6, 6.07) is 0. The number of rotatable bonds is 8. The molecule has 1 fully saturated rings. The van der Waals surface area contributed by atoms with Crippen molar-refractivity contribution in [3.8, 4) is 0 Å². The monoisotopic (exact) mass is 342 g/mol. The summed E-state index contributed by atoms with van der Waals surface area (Å²) in [4.78, 5) is 10.5. The molecule has 0 aliphatic carbocycles. The Morgan fingerprint density at radius 1 is 1.04 bits per heavy atom. The van der Waals surface area contributed by atoms with Crippen LogP contribution in [0, 0.1) is 0 Å². The molecule has 1 aliphatic rings. The van der Waals surface area contributed by atoms with Gasteiger partial charge in [-0.1, -0.05) is 0 Å². The fraction of sp³-hybridized carbons (Fsp3) is 0.917. The molecule has 1 rings (SSSR count). The van der Waals surface area contributed by atoms with E-state index in [1.807, 2.05) is 0 Å². The van der Waals surface area contributed by atoms with Crippen LogP contribution in [-0.4, -0.2) is 115 Å². The van der Waals surface area contributed by atoms with E-state index in [0.29, 0.717) is 0 Å². The first kappa shape index (κ1) is 20.3. The molecule has 0 spiro atoms. The van der Waals surface area contributed by atoms with Gasteiger partial charge in [-0.05, 0) is 0 Å². The fourth-order valence-corrected chi connectivity index (χ4v) is 2.11. The lowest BCUT2D eigenvalue weighted by molar-refractivity contribution is -0.326. The lowest BCUT2D eigenvalue weighted by atomic mass is 9.98. The number of aliphatic hydroxyl groups excluding tert-OH is 8. The van der Waals surface area contributed by atoms with Crippen LogP contribution in [0.15, 0.2) is 0 Å². The molecule has 11 nitrogen and oxygen atoms in total. The highest BCUT2D eigenvalue weighted by molar-refractivity contribution is 5.56. The van der Waals surface area contributed by atoms with E-state index in [4.69, 9.17) is 19.7 Å². The summed E-state index contributed by atoms with van der Waals surface area (Å²) >= 11 is 0. The molecule has 23 heavy (non-hydrogen) atoms. The Morgan fingerprint density at radius 3 is 2.13 bits per heavy atom. The standard InChI is InChI=1S/C12H22O11/c13-1-4(16)7(18)11(5(17)2-14)23-12-10(21)9(20)8(19)6(3-15)22-12/h1,4-12,14-21H,2-3H2/t4-,5+,6+,7+,8+,9-,10+,11+,12-/m0/s1. The Hall–Kier alpha value is -0.730. The molecule has 9 atom stereocenters. The van der Waals surface area contributed by atoms with Crippen molar-refractivity contribution in [2.45, 2.75) is 55.1 Å². The number of ether oxygens (including phenoxy) is 2. The van der Waals surface area contributed by atoms with Crippen molar-refractivity contribution in [1.29, 1.82) is 0 Å². The molecule has 8 N–H and O–H groups in total. The van der Waals surface area contributed by atoms with E-state index in [1.165, 1.54) is 0 Å². The molecule has 0 aromatic rings. The number of carbonyl (C=O) groups excluding carboxylic acids is 1. The normalized spacial score (nSPS) is 37.0. The second-order valence-corrected chi connectivity index (χ2v) is 5.17. The van der Waals surface area contributed by atoms with Crippen LogP contribution in [0.25, 0.3) is 0 Å². The third kappa shape index (κ3) is 4.64. The van der Waals surface area contributed by atoms with Gasteiger partial charge in [0.25, 0.3) is 0 Å². The van der Waals surface area contributed by atoms with E-state index >= 15 is 0 Å². The third-order valence-corrected chi connectivity index (χ3v) is 3.53. The third-order valence-electron chi connectivity index (χ3n) is 3.53. The van der Waals surface area contributed by atoms with Crippen molar-refractivity contribution < 1.29 is 55.1 Å². The van der Waals surface area contributed by atoms with Gasteiger partial charge < -0.3 is 55.1 Å². The molecule has 0 aromatic carbocycles. The van der Waals surface area contributed by atoms with Crippen molar-refractivity contribution in [2.75, 3.05) is 13.2 Å².